The zero-order chi connectivity index (χ0) is 11.4. The van der Waals surface area contributed by atoms with Crippen molar-refractivity contribution in [1.82, 2.24) is 0 Å². The van der Waals surface area contributed by atoms with E-state index < -0.39 is 0 Å². The molecule has 1 aliphatic carbocycles. The van der Waals surface area contributed by atoms with Crippen LogP contribution in [0.1, 0.15) is 26.2 Å². The van der Waals surface area contributed by atoms with Crippen molar-refractivity contribution < 1.29 is 0 Å². The van der Waals surface area contributed by atoms with Gasteiger partial charge in [-0.3, -0.25) is 0 Å². The number of anilines is 1. The fourth-order valence-corrected chi connectivity index (χ4v) is 3.18. The van der Waals surface area contributed by atoms with E-state index in [9.17, 15) is 0 Å². The van der Waals surface area contributed by atoms with E-state index in [1.54, 1.807) is 0 Å². The third kappa shape index (κ3) is 2.42. The van der Waals surface area contributed by atoms with Crippen LogP contribution in [-0.2, 0) is 0 Å². The summed E-state index contributed by atoms with van der Waals surface area (Å²) in [6.45, 7) is 4.53. The first kappa shape index (κ1) is 12.0. The molecule has 0 atom stereocenters. The number of alkyl halides is 1. The highest BCUT2D eigenvalue weighted by Gasteiger charge is 2.37. The molecule has 1 aromatic carbocycles. The van der Waals surface area contributed by atoms with Gasteiger partial charge in [0.2, 0.25) is 0 Å². The minimum atomic E-state index is 0.534. The van der Waals surface area contributed by atoms with Gasteiger partial charge in [-0.25, -0.2) is 0 Å². The summed E-state index contributed by atoms with van der Waals surface area (Å²) in [5.74, 6) is 0. The number of rotatable bonds is 5. The molecule has 1 aromatic rings. The molecule has 0 heterocycles. The summed E-state index contributed by atoms with van der Waals surface area (Å²) >= 11 is 3.69. The summed E-state index contributed by atoms with van der Waals surface area (Å²) < 4.78 is 0. The van der Waals surface area contributed by atoms with Crippen LogP contribution in [0.2, 0.25) is 0 Å². The molecule has 0 amide bonds. The van der Waals surface area contributed by atoms with Crippen LogP contribution in [0.25, 0.3) is 0 Å². The van der Waals surface area contributed by atoms with E-state index in [-0.39, 0.29) is 0 Å². The van der Waals surface area contributed by atoms with Gasteiger partial charge in [0.25, 0.3) is 0 Å². The summed E-state index contributed by atoms with van der Waals surface area (Å²) in [5, 5.41) is 1.14. The number of halogens is 1. The second kappa shape index (κ2) is 5.22. The van der Waals surface area contributed by atoms with Crippen molar-refractivity contribution in [2.45, 2.75) is 26.2 Å². The molecule has 1 nitrogen and oxygen atoms in total. The molecule has 88 valence electrons. The average molecular weight is 282 g/mol. The summed E-state index contributed by atoms with van der Waals surface area (Å²) in [7, 11) is 0. The van der Waals surface area contributed by atoms with Gasteiger partial charge < -0.3 is 4.90 Å². The van der Waals surface area contributed by atoms with Crippen molar-refractivity contribution in [2.24, 2.45) is 5.41 Å². The van der Waals surface area contributed by atoms with Crippen molar-refractivity contribution in [1.29, 1.82) is 0 Å². The lowest BCUT2D eigenvalue weighted by Crippen LogP contribution is -2.43. The quantitative estimate of drug-likeness (QED) is 0.736. The SMILES string of the molecule is CCN(CC1(CBr)CCC1)c1ccccc1. The number of nitrogens with zero attached hydrogens (tertiary/aromatic N) is 1. The van der Waals surface area contributed by atoms with E-state index in [1.165, 1.54) is 31.5 Å². The predicted molar refractivity (Wildman–Crippen MR) is 74.4 cm³/mol. The average Bonchev–Trinajstić information content (AvgIpc) is 2.30. The molecule has 0 N–H and O–H groups in total. The highest BCUT2D eigenvalue weighted by molar-refractivity contribution is 9.09. The molecule has 0 unspecified atom stereocenters. The van der Waals surface area contributed by atoms with Gasteiger partial charge in [0.15, 0.2) is 0 Å². The first-order chi connectivity index (χ1) is 7.79. The third-order valence-corrected chi connectivity index (χ3v) is 4.92. The van der Waals surface area contributed by atoms with Crippen LogP contribution >= 0.6 is 15.9 Å². The number of hydrogen-bond acceptors (Lipinski definition) is 1. The van der Waals surface area contributed by atoms with Gasteiger partial charge in [0, 0.05) is 24.1 Å². The lowest BCUT2D eigenvalue weighted by atomic mass is 9.70. The molecule has 0 saturated heterocycles. The van der Waals surface area contributed by atoms with E-state index in [0.717, 1.165) is 11.9 Å². The van der Waals surface area contributed by atoms with Crippen LogP contribution in [0, 0.1) is 5.41 Å². The van der Waals surface area contributed by atoms with Crippen LogP contribution in [0.3, 0.4) is 0 Å². The molecule has 16 heavy (non-hydrogen) atoms. The van der Waals surface area contributed by atoms with Gasteiger partial charge >= 0.3 is 0 Å². The van der Waals surface area contributed by atoms with Crippen LogP contribution in [-0.4, -0.2) is 18.4 Å². The number of para-hydroxylation sites is 1. The van der Waals surface area contributed by atoms with Gasteiger partial charge in [0.1, 0.15) is 0 Å². The number of benzene rings is 1. The maximum atomic E-state index is 3.69. The predicted octanol–water partition coefficient (Wildman–Crippen LogP) is 4.08. The van der Waals surface area contributed by atoms with E-state index in [4.69, 9.17) is 0 Å². The Morgan fingerprint density at radius 3 is 2.38 bits per heavy atom. The molecule has 1 aliphatic rings. The molecule has 1 saturated carbocycles. The standard InChI is InChI=1S/C14H20BrN/c1-2-16(13-7-4-3-5-8-13)12-14(11-15)9-6-10-14/h3-5,7-8H,2,6,9-12H2,1H3. The second-order valence-corrected chi connectivity index (χ2v) is 5.40. The summed E-state index contributed by atoms with van der Waals surface area (Å²) in [5.41, 5.74) is 1.89. The number of hydrogen-bond donors (Lipinski definition) is 0. The Labute approximate surface area is 107 Å². The van der Waals surface area contributed by atoms with Gasteiger partial charge in [-0.2, -0.15) is 0 Å². The first-order valence-electron chi connectivity index (χ1n) is 6.16. The highest BCUT2D eigenvalue weighted by Crippen LogP contribution is 2.43. The lowest BCUT2D eigenvalue weighted by molar-refractivity contribution is 0.177. The molecule has 0 aliphatic heterocycles. The van der Waals surface area contributed by atoms with Crippen molar-refractivity contribution in [3.05, 3.63) is 30.3 Å². The molecule has 0 radical (unpaired) electrons. The fourth-order valence-electron chi connectivity index (χ4n) is 2.44. The van der Waals surface area contributed by atoms with Gasteiger partial charge in [-0.1, -0.05) is 40.5 Å². The van der Waals surface area contributed by atoms with Gasteiger partial charge in [-0.15, -0.1) is 0 Å². The lowest BCUT2D eigenvalue weighted by Gasteiger charge is -2.44. The monoisotopic (exact) mass is 281 g/mol. The molecule has 2 heteroatoms. The zero-order valence-electron chi connectivity index (χ0n) is 9.95. The maximum Gasteiger partial charge on any atom is 0.0366 e. The van der Waals surface area contributed by atoms with E-state index in [1.807, 2.05) is 0 Å². The fraction of sp³-hybridized carbons (Fsp3) is 0.571. The molecule has 0 aromatic heterocycles. The smallest absolute Gasteiger partial charge is 0.0366 e. The van der Waals surface area contributed by atoms with Crippen molar-refractivity contribution in [2.75, 3.05) is 23.3 Å². The van der Waals surface area contributed by atoms with Crippen LogP contribution in [0.15, 0.2) is 30.3 Å². The van der Waals surface area contributed by atoms with Gasteiger partial charge in [0.05, 0.1) is 0 Å². The Morgan fingerprint density at radius 1 is 1.25 bits per heavy atom. The Kier molecular flexibility index (Phi) is 3.91. The summed E-state index contributed by atoms with van der Waals surface area (Å²) in [4.78, 5) is 2.50. The minimum absolute atomic E-state index is 0.534. The zero-order valence-corrected chi connectivity index (χ0v) is 11.5. The van der Waals surface area contributed by atoms with Crippen molar-refractivity contribution in [3.63, 3.8) is 0 Å². The molecule has 1 fully saturated rings. The second-order valence-electron chi connectivity index (χ2n) is 4.84. The Hall–Kier alpha value is -0.500. The summed E-state index contributed by atoms with van der Waals surface area (Å²) in [6.07, 6.45) is 4.15. The van der Waals surface area contributed by atoms with E-state index in [0.29, 0.717) is 5.41 Å². The third-order valence-electron chi connectivity index (χ3n) is 3.73. The molecule has 0 spiro atoms. The van der Waals surface area contributed by atoms with Crippen molar-refractivity contribution in [3.8, 4) is 0 Å². The van der Waals surface area contributed by atoms with Crippen LogP contribution < -0.4 is 4.90 Å². The molecular weight excluding hydrogens is 262 g/mol. The van der Waals surface area contributed by atoms with Gasteiger partial charge in [-0.05, 0) is 37.3 Å². The normalized spacial score (nSPS) is 17.9. The minimum Gasteiger partial charge on any atom is -0.371 e. The Bertz CT molecular complexity index is 313. The Morgan fingerprint density at radius 2 is 1.94 bits per heavy atom. The molecular formula is C14H20BrN. The first-order valence-corrected chi connectivity index (χ1v) is 7.28. The largest absolute Gasteiger partial charge is 0.371 e. The van der Waals surface area contributed by atoms with E-state index >= 15 is 0 Å². The van der Waals surface area contributed by atoms with E-state index in [2.05, 4.69) is 58.1 Å². The maximum absolute atomic E-state index is 3.69. The molecule has 0 bridgehead atoms. The molecule has 2 rings (SSSR count). The Balaban J connectivity index is 2.06. The van der Waals surface area contributed by atoms with Crippen molar-refractivity contribution >= 4 is 21.6 Å². The van der Waals surface area contributed by atoms with Crippen LogP contribution in [0.4, 0.5) is 5.69 Å². The summed E-state index contributed by atoms with van der Waals surface area (Å²) in [6, 6.07) is 10.8. The van der Waals surface area contributed by atoms with Crippen LogP contribution in [0.5, 0.6) is 0 Å². The topological polar surface area (TPSA) is 3.24 Å². The highest BCUT2D eigenvalue weighted by atomic mass is 79.9.